The molecule has 3 rings (SSSR count). The standard InChI is InChI=1S/C16H8Cl3F/c17-10-7-12(18)16(13(19)8-10)11-5-1-3-9-4-2-6-14(20)15(9)11/h1-8H. The van der Waals surface area contributed by atoms with Gasteiger partial charge >= 0.3 is 0 Å². The highest BCUT2D eigenvalue weighted by Crippen LogP contribution is 2.40. The summed E-state index contributed by atoms with van der Waals surface area (Å²) in [6.45, 7) is 0. The van der Waals surface area contributed by atoms with Crippen LogP contribution in [0.5, 0.6) is 0 Å². The number of benzene rings is 3. The lowest BCUT2D eigenvalue weighted by Crippen LogP contribution is -1.88. The van der Waals surface area contributed by atoms with Crippen molar-refractivity contribution in [3.8, 4) is 11.1 Å². The molecule has 0 saturated carbocycles. The summed E-state index contributed by atoms with van der Waals surface area (Å²) in [5.74, 6) is -0.305. The number of halogens is 4. The molecule has 0 bridgehead atoms. The van der Waals surface area contributed by atoms with Gasteiger partial charge in [0.2, 0.25) is 0 Å². The Morgan fingerprint density at radius 1 is 0.800 bits per heavy atom. The van der Waals surface area contributed by atoms with Gasteiger partial charge in [-0.25, -0.2) is 4.39 Å². The van der Waals surface area contributed by atoms with E-state index in [1.54, 1.807) is 24.3 Å². The van der Waals surface area contributed by atoms with E-state index in [1.165, 1.54) is 6.07 Å². The van der Waals surface area contributed by atoms with Crippen molar-refractivity contribution in [3.63, 3.8) is 0 Å². The zero-order valence-electron chi connectivity index (χ0n) is 10.1. The smallest absolute Gasteiger partial charge is 0.131 e. The van der Waals surface area contributed by atoms with Crippen molar-refractivity contribution < 1.29 is 4.39 Å². The van der Waals surface area contributed by atoms with Gasteiger partial charge in [-0.05, 0) is 29.1 Å². The molecule has 0 unspecified atom stereocenters. The Kier molecular flexibility index (Phi) is 3.59. The molecule has 0 atom stereocenters. The molecule has 3 aromatic rings. The molecule has 0 heterocycles. The Bertz CT molecular complexity index is 784. The lowest BCUT2D eigenvalue weighted by Gasteiger charge is -2.12. The third kappa shape index (κ3) is 2.26. The van der Waals surface area contributed by atoms with E-state index in [-0.39, 0.29) is 5.82 Å². The Labute approximate surface area is 130 Å². The molecule has 0 nitrogen and oxygen atoms in total. The lowest BCUT2D eigenvalue weighted by molar-refractivity contribution is 0.640. The number of rotatable bonds is 1. The van der Waals surface area contributed by atoms with Gasteiger partial charge in [0.15, 0.2) is 0 Å². The molecule has 0 spiro atoms. The molecular weight excluding hydrogens is 318 g/mol. The van der Waals surface area contributed by atoms with Crippen LogP contribution in [0.2, 0.25) is 15.1 Å². The predicted octanol–water partition coefficient (Wildman–Crippen LogP) is 6.61. The van der Waals surface area contributed by atoms with E-state index in [4.69, 9.17) is 34.8 Å². The van der Waals surface area contributed by atoms with Crippen LogP contribution in [0, 0.1) is 5.82 Å². The summed E-state index contributed by atoms with van der Waals surface area (Å²) in [5, 5.41) is 2.55. The maximum absolute atomic E-state index is 14.2. The molecule has 0 N–H and O–H groups in total. The third-order valence-corrected chi connectivity index (χ3v) is 3.94. The van der Waals surface area contributed by atoms with Crippen molar-refractivity contribution in [2.24, 2.45) is 0 Å². The minimum absolute atomic E-state index is 0.305. The van der Waals surface area contributed by atoms with Gasteiger partial charge < -0.3 is 0 Å². The highest BCUT2D eigenvalue weighted by molar-refractivity contribution is 6.42. The first-order valence-electron chi connectivity index (χ1n) is 5.90. The number of hydrogen-bond acceptors (Lipinski definition) is 0. The van der Waals surface area contributed by atoms with Crippen LogP contribution < -0.4 is 0 Å². The van der Waals surface area contributed by atoms with Crippen molar-refractivity contribution in [1.82, 2.24) is 0 Å². The average Bonchev–Trinajstić information content (AvgIpc) is 2.38. The predicted molar refractivity (Wildman–Crippen MR) is 84.4 cm³/mol. The molecular formula is C16H8Cl3F. The normalized spacial score (nSPS) is 11.0. The molecule has 0 fully saturated rings. The second-order valence-corrected chi connectivity index (χ2v) is 5.64. The van der Waals surface area contributed by atoms with E-state index in [2.05, 4.69) is 0 Å². The van der Waals surface area contributed by atoms with Crippen molar-refractivity contribution in [2.75, 3.05) is 0 Å². The summed E-state index contributed by atoms with van der Waals surface area (Å²) in [5.41, 5.74) is 1.25. The van der Waals surface area contributed by atoms with Crippen molar-refractivity contribution >= 4 is 45.6 Å². The van der Waals surface area contributed by atoms with Gasteiger partial charge in [0.25, 0.3) is 0 Å². The SMILES string of the molecule is Fc1cccc2cccc(-c3c(Cl)cc(Cl)cc3Cl)c12. The van der Waals surface area contributed by atoms with E-state index in [0.29, 0.717) is 31.6 Å². The molecule has 0 aliphatic carbocycles. The van der Waals surface area contributed by atoms with Crippen LogP contribution in [0.25, 0.3) is 21.9 Å². The van der Waals surface area contributed by atoms with Gasteiger partial charge in [-0.3, -0.25) is 0 Å². The Hall–Kier alpha value is -1.28. The Morgan fingerprint density at radius 3 is 2.05 bits per heavy atom. The van der Waals surface area contributed by atoms with Gasteiger partial charge in [0.05, 0.1) is 10.0 Å². The summed E-state index contributed by atoms with van der Waals surface area (Å²) < 4.78 is 14.2. The topological polar surface area (TPSA) is 0 Å². The van der Waals surface area contributed by atoms with Crippen LogP contribution >= 0.6 is 34.8 Å². The fourth-order valence-electron chi connectivity index (χ4n) is 2.30. The largest absolute Gasteiger partial charge is 0.206 e. The van der Waals surface area contributed by atoms with Gasteiger partial charge in [-0.2, -0.15) is 0 Å². The number of fused-ring (bicyclic) bond motifs is 1. The molecule has 20 heavy (non-hydrogen) atoms. The first kappa shape index (κ1) is 13.7. The summed E-state index contributed by atoms with van der Waals surface area (Å²) in [6.07, 6.45) is 0. The van der Waals surface area contributed by atoms with Gasteiger partial charge in [0.1, 0.15) is 5.82 Å². The summed E-state index contributed by atoms with van der Waals surface area (Å²) >= 11 is 18.4. The first-order chi connectivity index (χ1) is 9.58. The molecule has 3 aromatic carbocycles. The molecule has 0 aliphatic heterocycles. The minimum Gasteiger partial charge on any atom is -0.206 e. The van der Waals surface area contributed by atoms with Crippen LogP contribution in [0.4, 0.5) is 4.39 Å². The maximum Gasteiger partial charge on any atom is 0.131 e. The molecule has 0 radical (unpaired) electrons. The minimum atomic E-state index is -0.305. The van der Waals surface area contributed by atoms with Crippen LogP contribution in [0.15, 0.2) is 48.5 Å². The van der Waals surface area contributed by atoms with Crippen molar-refractivity contribution in [2.45, 2.75) is 0 Å². The molecule has 100 valence electrons. The molecule has 0 aromatic heterocycles. The second kappa shape index (κ2) is 5.25. The lowest BCUT2D eigenvalue weighted by atomic mass is 9.98. The van der Waals surface area contributed by atoms with Crippen molar-refractivity contribution in [1.29, 1.82) is 0 Å². The van der Waals surface area contributed by atoms with Crippen molar-refractivity contribution in [3.05, 3.63) is 69.4 Å². The maximum atomic E-state index is 14.2. The Morgan fingerprint density at radius 2 is 1.40 bits per heavy atom. The second-order valence-electron chi connectivity index (χ2n) is 4.39. The highest BCUT2D eigenvalue weighted by Gasteiger charge is 2.14. The first-order valence-corrected chi connectivity index (χ1v) is 7.03. The van der Waals surface area contributed by atoms with Gasteiger partial charge in [-0.15, -0.1) is 0 Å². The van der Waals surface area contributed by atoms with Crippen LogP contribution in [0.3, 0.4) is 0 Å². The molecule has 0 aliphatic rings. The number of hydrogen-bond donors (Lipinski definition) is 0. The average molecular weight is 326 g/mol. The summed E-state index contributed by atoms with van der Waals surface area (Å²) in [6, 6.07) is 13.6. The van der Waals surface area contributed by atoms with Gasteiger partial charge in [-0.1, -0.05) is 65.1 Å². The molecule has 4 heteroatoms. The van der Waals surface area contributed by atoms with E-state index in [0.717, 1.165) is 5.39 Å². The molecule has 0 saturated heterocycles. The van der Waals surface area contributed by atoms with Crippen LogP contribution in [0.1, 0.15) is 0 Å². The summed E-state index contributed by atoms with van der Waals surface area (Å²) in [4.78, 5) is 0. The van der Waals surface area contributed by atoms with E-state index < -0.39 is 0 Å². The fourth-order valence-corrected chi connectivity index (χ4v) is 3.32. The monoisotopic (exact) mass is 324 g/mol. The Balaban J connectivity index is 2.42. The van der Waals surface area contributed by atoms with E-state index >= 15 is 0 Å². The highest BCUT2D eigenvalue weighted by atomic mass is 35.5. The van der Waals surface area contributed by atoms with E-state index in [9.17, 15) is 4.39 Å². The quantitative estimate of drug-likeness (QED) is 0.472. The zero-order chi connectivity index (χ0) is 14.3. The third-order valence-electron chi connectivity index (χ3n) is 3.13. The van der Waals surface area contributed by atoms with Crippen LogP contribution in [-0.4, -0.2) is 0 Å². The fraction of sp³-hybridized carbons (Fsp3) is 0. The molecule has 0 amide bonds. The van der Waals surface area contributed by atoms with Crippen LogP contribution in [-0.2, 0) is 0 Å². The summed E-state index contributed by atoms with van der Waals surface area (Å²) in [7, 11) is 0. The van der Waals surface area contributed by atoms with Gasteiger partial charge in [0, 0.05) is 16.0 Å². The zero-order valence-corrected chi connectivity index (χ0v) is 12.4. The van der Waals surface area contributed by atoms with E-state index in [1.807, 2.05) is 18.2 Å².